The number of aliphatic hydroxyl groups is 11. The molecule has 0 aromatic heterocycles. The van der Waals surface area contributed by atoms with E-state index < -0.39 is 124 Å². The van der Waals surface area contributed by atoms with Gasteiger partial charge >= 0.3 is 0 Å². The number of hydrogen-bond donors (Lipinski definition) is 12. The Hall–Kier alpha value is -3.29. The van der Waals surface area contributed by atoms with E-state index in [0.717, 1.165) is 83.5 Å². The summed E-state index contributed by atoms with van der Waals surface area (Å²) >= 11 is 0. The maximum Gasteiger partial charge on any atom is 0.220 e. The Balaban J connectivity index is 1.37. The molecule has 12 N–H and O–H groups in total. The van der Waals surface area contributed by atoms with Crippen LogP contribution in [0.2, 0.25) is 0 Å². The number of allylic oxidation sites excluding steroid dienone is 16. The average Bonchev–Trinajstić information content (AvgIpc) is 0.781. The van der Waals surface area contributed by atoms with E-state index in [-0.39, 0.29) is 18.9 Å². The van der Waals surface area contributed by atoms with E-state index >= 15 is 0 Å². The fourth-order valence-corrected chi connectivity index (χ4v) is 13.7. The largest absolute Gasteiger partial charge is 0.394 e. The lowest BCUT2D eigenvalue weighted by Gasteiger charge is -2.48. The number of unbranched alkanes of at least 4 members (excludes halogenated alkanes) is 34. The Morgan fingerprint density at radius 1 is 0.352 bits per heavy atom. The Bertz CT molecular complexity index is 2270. The van der Waals surface area contributed by atoms with E-state index in [1.807, 2.05) is 0 Å². The first-order valence-corrected chi connectivity index (χ1v) is 42.0. The van der Waals surface area contributed by atoms with Crippen molar-refractivity contribution in [3.05, 3.63) is 97.2 Å². The molecule has 17 unspecified atom stereocenters. The molecule has 0 saturated carbocycles. The highest BCUT2D eigenvalue weighted by atomic mass is 16.8. The molecule has 608 valence electrons. The van der Waals surface area contributed by atoms with Crippen LogP contribution < -0.4 is 5.32 Å². The van der Waals surface area contributed by atoms with Crippen LogP contribution in [0.4, 0.5) is 0 Å². The number of carbonyl (C=O) groups is 1. The Morgan fingerprint density at radius 2 is 0.657 bits per heavy atom. The zero-order valence-corrected chi connectivity index (χ0v) is 65.2. The Kier molecular flexibility index (Phi) is 59.8. The third-order valence-electron chi connectivity index (χ3n) is 20.4. The predicted molar refractivity (Wildman–Crippen MR) is 420 cm³/mol. The monoisotopic (exact) mass is 1490 g/mol. The molecular weight excluding hydrogens is 1330 g/mol. The standard InChI is InChI=1S/C86H151NO18/c1-3-5-7-9-11-13-15-17-19-21-23-25-27-29-31-32-33-34-35-36-38-39-41-43-45-47-49-51-53-55-57-59-61-63-70(91)69(87-74(92)64-62-60-58-56-54-52-50-48-46-44-42-40-37-30-28-26-24-22-20-18-16-14-12-10-8-6-4-2)68-100-84-80(98)77(95)82(72(66-89)102-84)105-86-81(99)78(96)83(73(67-90)103-86)104-85-79(97)76(94)75(93)71(65-88)101-85/h6,8,12,14,18,20,24,26,30,37,42,44,48,50,54,56,69-73,75-86,88-91,93-99H,3-5,7,9-11,13,15-17,19,21-23,25,27-29,31-36,38-41,43,45-47,49,51-53,55,57-68H2,1-2H3,(H,87,92)/b8-6-,14-12-,20-18-,26-24-,37-30-,44-42-,50-48-,56-54-. The first-order chi connectivity index (χ1) is 51.3. The molecule has 0 aromatic rings. The molecule has 1 amide bonds. The molecule has 3 aliphatic rings. The van der Waals surface area contributed by atoms with Crippen molar-refractivity contribution in [2.45, 2.75) is 413 Å². The summed E-state index contributed by atoms with van der Waals surface area (Å²) in [7, 11) is 0. The quantitative estimate of drug-likeness (QED) is 0.0199. The Labute approximate surface area is 634 Å². The van der Waals surface area contributed by atoms with E-state index in [2.05, 4.69) is 116 Å². The van der Waals surface area contributed by atoms with Gasteiger partial charge in [-0.25, -0.2) is 0 Å². The highest BCUT2D eigenvalue weighted by Crippen LogP contribution is 2.33. The van der Waals surface area contributed by atoms with Gasteiger partial charge in [0.05, 0.1) is 38.6 Å². The second-order valence-corrected chi connectivity index (χ2v) is 29.6. The van der Waals surface area contributed by atoms with Crippen LogP contribution in [0.15, 0.2) is 97.2 Å². The predicted octanol–water partition coefficient (Wildman–Crippen LogP) is 14.7. The van der Waals surface area contributed by atoms with Gasteiger partial charge in [0.25, 0.3) is 0 Å². The number of aliphatic hydroxyl groups excluding tert-OH is 11. The van der Waals surface area contributed by atoms with E-state index in [4.69, 9.17) is 28.4 Å². The summed E-state index contributed by atoms with van der Waals surface area (Å²) in [5, 5.41) is 121. The fourth-order valence-electron chi connectivity index (χ4n) is 13.7. The molecule has 0 radical (unpaired) electrons. The second-order valence-electron chi connectivity index (χ2n) is 29.6. The van der Waals surface area contributed by atoms with Gasteiger partial charge in [-0.15, -0.1) is 0 Å². The van der Waals surface area contributed by atoms with Gasteiger partial charge in [-0.3, -0.25) is 4.79 Å². The van der Waals surface area contributed by atoms with Crippen molar-refractivity contribution in [1.82, 2.24) is 5.32 Å². The summed E-state index contributed by atoms with van der Waals surface area (Å²) in [6.45, 7) is 1.68. The lowest BCUT2D eigenvalue weighted by molar-refractivity contribution is -0.379. The van der Waals surface area contributed by atoms with Crippen LogP contribution in [-0.4, -0.2) is 193 Å². The molecule has 105 heavy (non-hydrogen) atoms. The first kappa shape index (κ1) is 95.9. The van der Waals surface area contributed by atoms with Crippen LogP contribution >= 0.6 is 0 Å². The number of carbonyl (C=O) groups excluding carboxylic acids is 1. The van der Waals surface area contributed by atoms with Gasteiger partial charge in [0.15, 0.2) is 18.9 Å². The van der Waals surface area contributed by atoms with Gasteiger partial charge in [0.1, 0.15) is 73.2 Å². The van der Waals surface area contributed by atoms with Crippen LogP contribution in [0, 0.1) is 0 Å². The zero-order valence-electron chi connectivity index (χ0n) is 65.2. The molecule has 0 bridgehead atoms. The molecule has 0 aromatic carbocycles. The third-order valence-corrected chi connectivity index (χ3v) is 20.4. The van der Waals surface area contributed by atoms with Crippen LogP contribution in [0.25, 0.3) is 0 Å². The SMILES string of the molecule is CC/C=C\C/C=C\C/C=C\C/C=C\C/C=C\C/C=C\C/C=C\C/C=C\CCCCC(=O)NC(COC1OC(CO)C(OC2OC(CO)C(OC3OC(CO)C(O)C(O)C3O)C(O)C2O)C(O)C1O)C(O)CCCCCCCCCCCCCCCCCCCCCCCCCCCCCCCCCCC. The number of amides is 1. The van der Waals surface area contributed by atoms with Gasteiger partial charge in [0, 0.05) is 6.42 Å². The number of hydrogen-bond acceptors (Lipinski definition) is 18. The summed E-state index contributed by atoms with van der Waals surface area (Å²) in [6.07, 6.45) is 62.2. The van der Waals surface area contributed by atoms with Crippen LogP contribution in [-0.2, 0) is 33.2 Å². The van der Waals surface area contributed by atoms with Gasteiger partial charge in [-0.05, 0) is 77.0 Å². The van der Waals surface area contributed by atoms with Crippen molar-refractivity contribution in [3.63, 3.8) is 0 Å². The number of nitrogens with one attached hydrogen (secondary N) is 1. The normalized spacial score (nSPS) is 26.3. The van der Waals surface area contributed by atoms with Crippen LogP contribution in [0.3, 0.4) is 0 Å². The van der Waals surface area contributed by atoms with Gasteiger partial charge in [-0.2, -0.15) is 0 Å². The molecule has 3 rings (SSSR count). The molecule has 19 nitrogen and oxygen atoms in total. The molecular formula is C86H151NO18. The molecule has 3 heterocycles. The average molecular weight is 1490 g/mol. The molecule has 3 saturated heterocycles. The maximum atomic E-state index is 13.5. The summed E-state index contributed by atoms with van der Waals surface area (Å²) in [4.78, 5) is 13.5. The molecule has 3 fully saturated rings. The van der Waals surface area contributed by atoms with Gasteiger partial charge < -0.3 is 89.9 Å². The molecule has 0 spiro atoms. The van der Waals surface area contributed by atoms with Crippen molar-refractivity contribution in [3.8, 4) is 0 Å². The number of rotatable bonds is 66. The van der Waals surface area contributed by atoms with Crippen molar-refractivity contribution in [2.24, 2.45) is 0 Å². The van der Waals surface area contributed by atoms with E-state index in [1.54, 1.807) is 0 Å². The first-order valence-electron chi connectivity index (χ1n) is 42.0. The second kappa shape index (κ2) is 65.4. The van der Waals surface area contributed by atoms with E-state index in [9.17, 15) is 61.0 Å². The third kappa shape index (κ3) is 45.0. The maximum absolute atomic E-state index is 13.5. The van der Waals surface area contributed by atoms with E-state index in [0.29, 0.717) is 19.3 Å². The lowest BCUT2D eigenvalue weighted by atomic mass is 9.96. The van der Waals surface area contributed by atoms with Crippen molar-refractivity contribution >= 4 is 5.91 Å². The van der Waals surface area contributed by atoms with Crippen molar-refractivity contribution in [2.75, 3.05) is 26.4 Å². The highest BCUT2D eigenvalue weighted by molar-refractivity contribution is 5.76. The molecule has 19 heteroatoms. The minimum Gasteiger partial charge on any atom is -0.394 e. The lowest BCUT2D eigenvalue weighted by Crippen LogP contribution is -2.66. The van der Waals surface area contributed by atoms with E-state index in [1.165, 1.54) is 186 Å². The smallest absolute Gasteiger partial charge is 0.220 e. The van der Waals surface area contributed by atoms with Crippen LogP contribution in [0.1, 0.15) is 309 Å². The summed E-state index contributed by atoms with van der Waals surface area (Å²) in [5.74, 6) is -0.285. The zero-order chi connectivity index (χ0) is 76.0. The minimum absolute atomic E-state index is 0.205. The summed E-state index contributed by atoms with van der Waals surface area (Å²) < 4.78 is 34.5. The fraction of sp³-hybridized carbons (Fsp3) is 0.802. The molecule has 17 atom stereocenters. The summed E-state index contributed by atoms with van der Waals surface area (Å²) in [6, 6.07) is -0.921. The molecule has 0 aliphatic carbocycles. The minimum atomic E-state index is -1.98. The van der Waals surface area contributed by atoms with Crippen molar-refractivity contribution < 1.29 is 89.4 Å². The Morgan fingerprint density at radius 3 is 1.01 bits per heavy atom. The van der Waals surface area contributed by atoms with Gasteiger partial charge in [0.2, 0.25) is 5.91 Å². The van der Waals surface area contributed by atoms with Gasteiger partial charge in [-0.1, -0.05) is 323 Å². The molecule has 3 aliphatic heterocycles. The van der Waals surface area contributed by atoms with Crippen molar-refractivity contribution in [1.29, 1.82) is 0 Å². The highest BCUT2D eigenvalue weighted by Gasteiger charge is 2.54. The topological polar surface area (TPSA) is 307 Å². The van der Waals surface area contributed by atoms with Crippen LogP contribution in [0.5, 0.6) is 0 Å². The number of ether oxygens (including phenoxy) is 6. The summed E-state index contributed by atoms with van der Waals surface area (Å²) in [5.41, 5.74) is 0.